The van der Waals surface area contributed by atoms with Crippen LogP contribution >= 0.6 is 0 Å². The molecule has 0 fully saturated rings. The molecule has 10 rings (SSSR count). The second-order valence-electron chi connectivity index (χ2n) is 13.3. The first kappa shape index (κ1) is 29.2. The molecule has 0 aromatic heterocycles. The molecule has 10 aromatic carbocycles. The highest BCUT2D eigenvalue weighted by Gasteiger charge is 2.19. The zero-order valence-corrected chi connectivity index (χ0v) is 28.0. The third-order valence-electron chi connectivity index (χ3n) is 10.4. The summed E-state index contributed by atoms with van der Waals surface area (Å²) in [6.07, 6.45) is 0. The molecule has 0 heterocycles. The van der Waals surface area contributed by atoms with Gasteiger partial charge in [-0.05, 0) is 107 Å². The Morgan fingerprint density at radius 2 is 0.843 bits per heavy atom. The van der Waals surface area contributed by atoms with Gasteiger partial charge in [0.15, 0.2) is 0 Å². The summed E-state index contributed by atoms with van der Waals surface area (Å²) in [5.74, 6) is 0. The van der Waals surface area contributed by atoms with Gasteiger partial charge in [0.1, 0.15) is 0 Å². The highest BCUT2D eigenvalue weighted by Crippen LogP contribution is 2.44. The van der Waals surface area contributed by atoms with E-state index in [-0.39, 0.29) is 0 Å². The Kier molecular flexibility index (Phi) is 6.89. The van der Waals surface area contributed by atoms with Gasteiger partial charge in [-0.25, -0.2) is 0 Å². The minimum atomic E-state index is 1.11. The molecular formula is C50H33N. The van der Waals surface area contributed by atoms with Crippen molar-refractivity contribution in [2.24, 2.45) is 0 Å². The van der Waals surface area contributed by atoms with E-state index in [1.165, 1.54) is 76.1 Å². The fourth-order valence-electron chi connectivity index (χ4n) is 7.94. The lowest BCUT2D eigenvalue weighted by Gasteiger charge is -2.29. The molecule has 0 aliphatic carbocycles. The maximum Gasteiger partial charge on any atom is 0.0540 e. The number of hydrogen-bond donors (Lipinski definition) is 0. The molecule has 0 aliphatic rings. The molecule has 0 spiro atoms. The molecule has 10 aromatic rings. The van der Waals surface area contributed by atoms with E-state index in [1.807, 2.05) is 0 Å². The summed E-state index contributed by atoms with van der Waals surface area (Å²) < 4.78 is 0. The van der Waals surface area contributed by atoms with Gasteiger partial charge in [0.25, 0.3) is 0 Å². The summed E-state index contributed by atoms with van der Waals surface area (Å²) in [7, 11) is 0. The predicted molar refractivity (Wildman–Crippen MR) is 220 cm³/mol. The van der Waals surface area contributed by atoms with Crippen LogP contribution in [-0.4, -0.2) is 0 Å². The van der Waals surface area contributed by atoms with Crippen molar-refractivity contribution in [2.45, 2.75) is 0 Å². The van der Waals surface area contributed by atoms with Crippen LogP contribution in [0.2, 0.25) is 0 Å². The van der Waals surface area contributed by atoms with E-state index in [4.69, 9.17) is 0 Å². The van der Waals surface area contributed by atoms with Gasteiger partial charge in [0.2, 0.25) is 0 Å². The molecule has 51 heavy (non-hydrogen) atoms. The van der Waals surface area contributed by atoms with Crippen LogP contribution in [-0.2, 0) is 0 Å². The molecule has 0 bridgehead atoms. The molecule has 1 nitrogen and oxygen atoms in total. The van der Waals surface area contributed by atoms with Gasteiger partial charge in [0.05, 0.1) is 5.69 Å². The van der Waals surface area contributed by atoms with E-state index in [9.17, 15) is 0 Å². The number of hydrogen-bond acceptors (Lipinski definition) is 1. The monoisotopic (exact) mass is 647 g/mol. The minimum absolute atomic E-state index is 1.11. The number of anilines is 3. The summed E-state index contributed by atoms with van der Waals surface area (Å²) in [6.45, 7) is 0. The third kappa shape index (κ3) is 5.02. The van der Waals surface area contributed by atoms with Gasteiger partial charge in [-0.15, -0.1) is 0 Å². The number of benzene rings is 10. The van der Waals surface area contributed by atoms with Crippen LogP contribution in [0, 0.1) is 0 Å². The maximum absolute atomic E-state index is 2.43. The number of para-hydroxylation sites is 1. The van der Waals surface area contributed by atoms with Crippen molar-refractivity contribution in [3.05, 3.63) is 200 Å². The minimum Gasteiger partial charge on any atom is -0.310 e. The molecule has 0 saturated heterocycles. The van der Waals surface area contributed by atoms with Crippen molar-refractivity contribution < 1.29 is 0 Å². The molecule has 0 N–H and O–H groups in total. The zero-order valence-electron chi connectivity index (χ0n) is 28.0. The summed E-state index contributed by atoms with van der Waals surface area (Å²) in [5, 5.41) is 12.7. The van der Waals surface area contributed by atoms with Crippen molar-refractivity contribution in [3.8, 4) is 22.3 Å². The second kappa shape index (κ2) is 12.0. The first-order valence-corrected chi connectivity index (χ1v) is 17.6. The van der Waals surface area contributed by atoms with Crippen LogP contribution in [0.15, 0.2) is 200 Å². The smallest absolute Gasteiger partial charge is 0.0540 e. The Bertz CT molecular complexity index is 2920. The summed E-state index contributed by atoms with van der Waals surface area (Å²) in [5.41, 5.74) is 8.12. The van der Waals surface area contributed by atoms with Crippen molar-refractivity contribution >= 4 is 70.9 Å². The molecule has 0 atom stereocenters. The number of nitrogens with zero attached hydrogens (tertiary/aromatic N) is 1. The van der Waals surface area contributed by atoms with E-state index < -0.39 is 0 Å². The van der Waals surface area contributed by atoms with Crippen LogP contribution in [0.3, 0.4) is 0 Å². The van der Waals surface area contributed by atoms with Crippen molar-refractivity contribution in [3.63, 3.8) is 0 Å². The van der Waals surface area contributed by atoms with Crippen molar-refractivity contribution in [1.82, 2.24) is 0 Å². The molecule has 238 valence electrons. The highest BCUT2D eigenvalue weighted by atomic mass is 15.1. The number of fused-ring (bicyclic) bond motifs is 8. The van der Waals surface area contributed by atoms with Crippen molar-refractivity contribution in [2.75, 3.05) is 4.90 Å². The molecule has 0 aliphatic heterocycles. The van der Waals surface area contributed by atoms with Crippen LogP contribution in [0.5, 0.6) is 0 Å². The third-order valence-corrected chi connectivity index (χ3v) is 10.4. The van der Waals surface area contributed by atoms with Gasteiger partial charge in [0, 0.05) is 16.9 Å². The first-order valence-electron chi connectivity index (χ1n) is 17.6. The molecule has 0 saturated carbocycles. The summed E-state index contributed by atoms with van der Waals surface area (Å²) in [6, 6.07) is 73.1. The fraction of sp³-hybridized carbons (Fsp3) is 0. The SMILES string of the molecule is c1ccc(-c2cccc(N(c3ccc4c(ccc5ccccc54)c3)c3ccccc3-c3ccc4c(ccc5ccc6ccccc6c54)c3)c2)cc1. The summed E-state index contributed by atoms with van der Waals surface area (Å²) >= 11 is 0. The standard InChI is InChI=1S/C50H33N/c1-2-11-34(12-3-1)38-15-10-16-42(32-38)51(43-28-30-45-41(33-43)25-22-35-13-4-6-17-44(35)45)49-20-9-8-18-46(49)39-27-29-48-40(31-39)26-24-37-23-21-36-14-5-7-19-47(36)50(37)48/h1-33H. The lowest BCUT2D eigenvalue weighted by molar-refractivity contribution is 1.29. The van der Waals surface area contributed by atoms with E-state index >= 15 is 0 Å². The zero-order chi connectivity index (χ0) is 33.7. The fourth-order valence-corrected chi connectivity index (χ4v) is 7.94. The highest BCUT2D eigenvalue weighted by molar-refractivity contribution is 6.20. The van der Waals surface area contributed by atoms with Gasteiger partial charge in [-0.2, -0.15) is 0 Å². The van der Waals surface area contributed by atoms with Gasteiger partial charge < -0.3 is 4.90 Å². The number of rotatable bonds is 5. The van der Waals surface area contributed by atoms with Crippen LogP contribution < -0.4 is 4.90 Å². The van der Waals surface area contributed by atoms with Crippen LogP contribution in [0.25, 0.3) is 76.1 Å². The molecule has 1 heteroatoms. The Morgan fingerprint density at radius 1 is 0.275 bits per heavy atom. The average Bonchev–Trinajstić information content (AvgIpc) is 3.21. The summed E-state index contributed by atoms with van der Waals surface area (Å²) in [4.78, 5) is 2.43. The van der Waals surface area contributed by atoms with Gasteiger partial charge in [-0.3, -0.25) is 0 Å². The van der Waals surface area contributed by atoms with E-state index in [0.717, 1.165) is 17.1 Å². The molecule has 0 unspecified atom stereocenters. The Balaban J connectivity index is 1.18. The largest absolute Gasteiger partial charge is 0.310 e. The Morgan fingerprint density at radius 3 is 1.69 bits per heavy atom. The van der Waals surface area contributed by atoms with Gasteiger partial charge >= 0.3 is 0 Å². The normalized spacial score (nSPS) is 11.5. The Hall–Kier alpha value is -6.70. The van der Waals surface area contributed by atoms with E-state index in [0.29, 0.717) is 0 Å². The first-order chi connectivity index (χ1) is 25.3. The molecule has 0 radical (unpaired) electrons. The topological polar surface area (TPSA) is 3.24 Å². The maximum atomic E-state index is 2.43. The predicted octanol–water partition coefficient (Wildman–Crippen LogP) is 14.3. The Labute approximate surface area is 297 Å². The molecule has 0 amide bonds. The quantitative estimate of drug-likeness (QED) is 0.168. The van der Waals surface area contributed by atoms with Gasteiger partial charge in [-0.1, -0.05) is 164 Å². The van der Waals surface area contributed by atoms with E-state index in [1.54, 1.807) is 0 Å². The van der Waals surface area contributed by atoms with Crippen LogP contribution in [0.1, 0.15) is 0 Å². The lowest BCUT2D eigenvalue weighted by atomic mass is 9.93. The second-order valence-corrected chi connectivity index (χ2v) is 13.3. The lowest BCUT2D eigenvalue weighted by Crippen LogP contribution is -2.11. The average molecular weight is 648 g/mol. The van der Waals surface area contributed by atoms with Crippen molar-refractivity contribution in [1.29, 1.82) is 0 Å². The van der Waals surface area contributed by atoms with E-state index in [2.05, 4.69) is 205 Å². The molecular weight excluding hydrogens is 615 g/mol. The van der Waals surface area contributed by atoms with Crippen LogP contribution in [0.4, 0.5) is 17.1 Å².